The Balaban J connectivity index is 2.17. The maximum absolute atomic E-state index is 11.9. The molecule has 1 amide bonds. The molecular weight excluding hydrogens is 351 g/mol. The van der Waals surface area contributed by atoms with Crippen LogP contribution in [-0.4, -0.2) is 10.9 Å². The molecule has 3 nitrogen and oxygen atoms in total. The molecule has 1 aromatic heterocycles. The molecule has 0 bridgehead atoms. The largest absolute Gasteiger partial charge is 0.305 e. The summed E-state index contributed by atoms with van der Waals surface area (Å²) < 4.78 is 1.08. The van der Waals surface area contributed by atoms with Gasteiger partial charge in [-0.05, 0) is 59.0 Å². The predicted octanol–water partition coefficient (Wildman–Crippen LogP) is 3.59. The average molecular weight is 359 g/mol. The number of rotatable bonds is 2. The second-order valence-corrected chi connectivity index (χ2v) is 4.95. The van der Waals surface area contributed by atoms with E-state index in [0.29, 0.717) is 16.4 Å². The van der Waals surface area contributed by atoms with E-state index in [1.54, 1.807) is 30.5 Å². The van der Waals surface area contributed by atoms with E-state index in [-0.39, 0.29) is 5.91 Å². The Morgan fingerprint density at radius 3 is 2.59 bits per heavy atom. The molecule has 0 spiro atoms. The van der Waals surface area contributed by atoms with Crippen LogP contribution in [0.3, 0.4) is 0 Å². The number of amides is 1. The highest BCUT2D eigenvalue weighted by molar-refractivity contribution is 14.1. The molecule has 0 aliphatic carbocycles. The number of pyridine rings is 1. The van der Waals surface area contributed by atoms with E-state index >= 15 is 0 Å². The first-order valence-electron chi connectivity index (χ1n) is 4.84. The maximum Gasteiger partial charge on any atom is 0.256 e. The topological polar surface area (TPSA) is 42.0 Å². The monoisotopic (exact) mass is 358 g/mol. The first-order valence-corrected chi connectivity index (χ1v) is 6.30. The van der Waals surface area contributed by atoms with Gasteiger partial charge in [0.15, 0.2) is 5.82 Å². The number of anilines is 1. The molecule has 0 aliphatic rings. The highest BCUT2D eigenvalue weighted by Crippen LogP contribution is 2.18. The number of carbonyl (C=O) groups excluding carboxylic acids is 1. The van der Waals surface area contributed by atoms with E-state index in [9.17, 15) is 4.79 Å². The molecule has 0 saturated carbocycles. The van der Waals surface area contributed by atoms with Gasteiger partial charge < -0.3 is 5.32 Å². The van der Waals surface area contributed by atoms with Crippen molar-refractivity contribution in [2.45, 2.75) is 0 Å². The second-order valence-electron chi connectivity index (χ2n) is 3.29. The van der Waals surface area contributed by atoms with Crippen molar-refractivity contribution in [1.82, 2.24) is 4.98 Å². The molecule has 2 aromatic rings. The summed E-state index contributed by atoms with van der Waals surface area (Å²) in [6.07, 6.45) is 1.58. The lowest BCUT2D eigenvalue weighted by atomic mass is 10.2. The Morgan fingerprint density at radius 2 is 1.94 bits per heavy atom. The molecule has 17 heavy (non-hydrogen) atoms. The zero-order valence-electron chi connectivity index (χ0n) is 8.65. The van der Waals surface area contributed by atoms with Crippen LogP contribution in [0.5, 0.6) is 0 Å². The third-order valence-electron chi connectivity index (χ3n) is 2.10. The van der Waals surface area contributed by atoms with Gasteiger partial charge >= 0.3 is 0 Å². The second kappa shape index (κ2) is 5.46. The summed E-state index contributed by atoms with van der Waals surface area (Å²) >= 11 is 8.09. The average Bonchev–Trinajstić information content (AvgIpc) is 2.33. The van der Waals surface area contributed by atoms with Gasteiger partial charge in [0.25, 0.3) is 5.91 Å². The Kier molecular flexibility index (Phi) is 3.96. The normalized spacial score (nSPS) is 10.0. The van der Waals surface area contributed by atoms with E-state index < -0.39 is 0 Å². The Hall–Kier alpha value is -1.14. The molecule has 0 fully saturated rings. The lowest BCUT2D eigenvalue weighted by Crippen LogP contribution is -2.13. The Labute approximate surface area is 117 Å². The number of halogens is 2. The number of nitrogens with zero attached hydrogens (tertiary/aromatic N) is 1. The van der Waals surface area contributed by atoms with Crippen molar-refractivity contribution >= 4 is 45.9 Å². The molecule has 0 radical (unpaired) electrons. The minimum atomic E-state index is -0.220. The molecular formula is C12H8ClIN2O. The van der Waals surface area contributed by atoms with Gasteiger partial charge in [0.1, 0.15) is 0 Å². The van der Waals surface area contributed by atoms with Crippen LogP contribution in [0, 0.1) is 3.57 Å². The van der Waals surface area contributed by atoms with Crippen LogP contribution < -0.4 is 5.32 Å². The molecule has 0 aliphatic heterocycles. The van der Waals surface area contributed by atoms with Crippen LogP contribution >= 0.6 is 34.2 Å². The van der Waals surface area contributed by atoms with Crippen LogP contribution in [0.2, 0.25) is 5.02 Å². The lowest BCUT2D eigenvalue weighted by Gasteiger charge is -2.05. The third-order valence-corrected chi connectivity index (χ3v) is 3.12. The van der Waals surface area contributed by atoms with Crippen molar-refractivity contribution in [3.8, 4) is 0 Å². The minimum absolute atomic E-state index is 0.220. The van der Waals surface area contributed by atoms with Gasteiger partial charge in [-0.15, -0.1) is 0 Å². The van der Waals surface area contributed by atoms with Crippen LogP contribution in [0.15, 0.2) is 42.6 Å². The fourth-order valence-corrected chi connectivity index (χ4v) is 1.79. The van der Waals surface area contributed by atoms with Gasteiger partial charge in [0, 0.05) is 15.3 Å². The van der Waals surface area contributed by atoms with E-state index in [1.165, 1.54) is 0 Å². The molecule has 1 heterocycles. The zero-order chi connectivity index (χ0) is 12.3. The standard InChI is InChI=1S/C12H8ClIN2O/c13-10-2-1-7-15-11(10)16-12(17)8-3-5-9(14)6-4-8/h1-7H,(H,15,16,17). The fourth-order valence-electron chi connectivity index (χ4n) is 1.26. The molecule has 5 heteroatoms. The summed E-state index contributed by atoms with van der Waals surface area (Å²) in [5.41, 5.74) is 0.576. The van der Waals surface area contributed by atoms with Crippen molar-refractivity contribution in [2.24, 2.45) is 0 Å². The first-order chi connectivity index (χ1) is 8.16. The summed E-state index contributed by atoms with van der Waals surface area (Å²) in [5.74, 6) is 0.153. The van der Waals surface area contributed by atoms with Gasteiger partial charge in [-0.1, -0.05) is 11.6 Å². The smallest absolute Gasteiger partial charge is 0.256 e. The van der Waals surface area contributed by atoms with Gasteiger partial charge in [-0.2, -0.15) is 0 Å². The zero-order valence-corrected chi connectivity index (χ0v) is 11.6. The number of nitrogens with one attached hydrogen (secondary N) is 1. The number of hydrogen-bond acceptors (Lipinski definition) is 2. The van der Waals surface area contributed by atoms with Crippen molar-refractivity contribution in [2.75, 3.05) is 5.32 Å². The highest BCUT2D eigenvalue weighted by Gasteiger charge is 2.08. The van der Waals surface area contributed by atoms with E-state index in [1.807, 2.05) is 12.1 Å². The summed E-state index contributed by atoms with van der Waals surface area (Å²) in [5, 5.41) is 3.08. The van der Waals surface area contributed by atoms with E-state index in [0.717, 1.165) is 3.57 Å². The lowest BCUT2D eigenvalue weighted by molar-refractivity contribution is 0.102. The molecule has 2 rings (SSSR count). The number of aromatic nitrogens is 1. The van der Waals surface area contributed by atoms with Crippen molar-refractivity contribution in [3.05, 3.63) is 56.8 Å². The number of hydrogen-bond donors (Lipinski definition) is 1. The van der Waals surface area contributed by atoms with E-state index in [4.69, 9.17) is 11.6 Å². The van der Waals surface area contributed by atoms with Crippen LogP contribution in [0.1, 0.15) is 10.4 Å². The highest BCUT2D eigenvalue weighted by atomic mass is 127. The van der Waals surface area contributed by atoms with Crippen molar-refractivity contribution in [3.63, 3.8) is 0 Å². The molecule has 1 N–H and O–H groups in total. The Bertz CT molecular complexity index is 542. The minimum Gasteiger partial charge on any atom is -0.305 e. The fraction of sp³-hybridized carbons (Fsp3) is 0. The van der Waals surface area contributed by atoms with Gasteiger partial charge in [-0.3, -0.25) is 4.79 Å². The molecule has 1 aromatic carbocycles. The SMILES string of the molecule is O=C(Nc1ncccc1Cl)c1ccc(I)cc1. The van der Waals surface area contributed by atoms with Crippen LogP contribution in [0.4, 0.5) is 5.82 Å². The summed E-state index contributed by atoms with van der Waals surface area (Å²) in [6.45, 7) is 0. The van der Waals surface area contributed by atoms with Gasteiger partial charge in [0.05, 0.1) is 5.02 Å². The molecule has 86 valence electrons. The maximum atomic E-state index is 11.9. The Morgan fingerprint density at radius 1 is 1.24 bits per heavy atom. The predicted molar refractivity (Wildman–Crippen MR) is 76.4 cm³/mol. The summed E-state index contributed by atoms with van der Waals surface area (Å²) in [6, 6.07) is 10.6. The molecule has 0 saturated heterocycles. The molecule has 0 atom stereocenters. The quantitative estimate of drug-likeness (QED) is 0.834. The van der Waals surface area contributed by atoms with Crippen molar-refractivity contribution in [1.29, 1.82) is 0 Å². The summed E-state index contributed by atoms with van der Waals surface area (Å²) in [7, 11) is 0. The number of carbonyl (C=O) groups is 1. The van der Waals surface area contributed by atoms with Crippen LogP contribution in [-0.2, 0) is 0 Å². The van der Waals surface area contributed by atoms with Gasteiger partial charge in [-0.25, -0.2) is 4.98 Å². The number of benzene rings is 1. The summed E-state index contributed by atoms with van der Waals surface area (Å²) in [4.78, 5) is 15.9. The van der Waals surface area contributed by atoms with E-state index in [2.05, 4.69) is 32.9 Å². The third kappa shape index (κ3) is 3.17. The first kappa shape index (κ1) is 12.3. The van der Waals surface area contributed by atoms with Crippen molar-refractivity contribution < 1.29 is 4.79 Å². The van der Waals surface area contributed by atoms with Crippen LogP contribution in [0.25, 0.3) is 0 Å². The van der Waals surface area contributed by atoms with Gasteiger partial charge in [0.2, 0.25) is 0 Å². The molecule has 0 unspecified atom stereocenters.